The summed E-state index contributed by atoms with van der Waals surface area (Å²) in [5.41, 5.74) is -0.389. The first-order valence-electron chi connectivity index (χ1n) is 8.34. The molecule has 0 fully saturated rings. The maximum atomic E-state index is 12.6. The number of aromatic carboxylic acids is 1. The normalized spacial score (nSPS) is 11.1. The number of rotatable bonds is 8. The summed E-state index contributed by atoms with van der Waals surface area (Å²) in [5, 5.41) is 23.3. The molecule has 0 atom stereocenters. The van der Waals surface area contributed by atoms with Gasteiger partial charge in [0.2, 0.25) is 0 Å². The van der Waals surface area contributed by atoms with E-state index in [1.807, 2.05) is 0 Å². The monoisotopic (exact) mass is 434 g/mol. The standard InChI is InChI=1S/C18H14N2O9S/c21-17(22)13-8-4-5-9-14(13)18(23)28-11-10-27-15-16(20(24)29-19-15)30(25,26)12-6-2-1-3-7-12/h1-9H,10-11H2,(H,21,22). The minimum absolute atomic E-state index is 0.156. The highest BCUT2D eigenvalue weighted by molar-refractivity contribution is 7.91. The Labute approximate surface area is 169 Å². The van der Waals surface area contributed by atoms with Crippen molar-refractivity contribution in [3.8, 4) is 5.88 Å². The zero-order chi connectivity index (χ0) is 21.7. The van der Waals surface area contributed by atoms with Crippen molar-refractivity contribution in [2.24, 2.45) is 0 Å². The molecule has 156 valence electrons. The van der Waals surface area contributed by atoms with Crippen molar-refractivity contribution in [3.63, 3.8) is 0 Å². The molecule has 30 heavy (non-hydrogen) atoms. The van der Waals surface area contributed by atoms with E-state index in [1.165, 1.54) is 48.5 Å². The number of carbonyl (C=O) groups is 2. The van der Waals surface area contributed by atoms with Crippen LogP contribution in [0.25, 0.3) is 0 Å². The van der Waals surface area contributed by atoms with E-state index in [4.69, 9.17) is 14.6 Å². The fourth-order valence-corrected chi connectivity index (χ4v) is 3.73. The van der Waals surface area contributed by atoms with Gasteiger partial charge in [-0.1, -0.05) is 30.3 Å². The zero-order valence-corrected chi connectivity index (χ0v) is 15.9. The van der Waals surface area contributed by atoms with Crippen molar-refractivity contribution >= 4 is 21.8 Å². The lowest BCUT2D eigenvalue weighted by Gasteiger charge is -2.07. The Kier molecular flexibility index (Phi) is 5.97. The van der Waals surface area contributed by atoms with E-state index in [0.717, 1.165) is 0 Å². The van der Waals surface area contributed by atoms with Crippen LogP contribution < -0.4 is 9.64 Å². The van der Waals surface area contributed by atoms with E-state index in [2.05, 4.69) is 9.79 Å². The summed E-state index contributed by atoms with van der Waals surface area (Å²) in [7, 11) is -4.27. The van der Waals surface area contributed by atoms with Crippen LogP contribution in [0.1, 0.15) is 20.7 Å². The molecule has 0 aliphatic rings. The van der Waals surface area contributed by atoms with Crippen LogP contribution in [0.3, 0.4) is 0 Å². The van der Waals surface area contributed by atoms with Crippen molar-refractivity contribution in [3.05, 3.63) is 70.9 Å². The molecule has 12 heteroatoms. The topological polar surface area (TPSA) is 160 Å². The summed E-state index contributed by atoms with van der Waals surface area (Å²) in [6.07, 6.45) is 0. The van der Waals surface area contributed by atoms with Crippen LogP contribution in [0.5, 0.6) is 5.88 Å². The molecule has 0 spiro atoms. The lowest BCUT2D eigenvalue weighted by Crippen LogP contribution is -2.31. The van der Waals surface area contributed by atoms with Gasteiger partial charge in [0.15, 0.2) is 0 Å². The SMILES string of the molecule is O=C(O)c1ccccc1C(=O)OCCOc1no[n+]([O-])c1S(=O)(=O)c1ccccc1. The number of hydrogen-bond donors (Lipinski definition) is 1. The van der Waals surface area contributed by atoms with E-state index >= 15 is 0 Å². The molecule has 0 unspecified atom stereocenters. The van der Waals surface area contributed by atoms with Crippen molar-refractivity contribution in [1.82, 2.24) is 5.16 Å². The summed E-state index contributed by atoms with van der Waals surface area (Å²) in [6.45, 7) is -0.742. The van der Waals surface area contributed by atoms with Gasteiger partial charge in [0.05, 0.1) is 21.2 Å². The van der Waals surface area contributed by atoms with E-state index in [-0.39, 0.29) is 34.1 Å². The average molecular weight is 434 g/mol. The van der Waals surface area contributed by atoms with Crippen LogP contribution in [0.2, 0.25) is 0 Å². The van der Waals surface area contributed by atoms with E-state index in [0.29, 0.717) is 0 Å². The minimum Gasteiger partial charge on any atom is -0.478 e. The van der Waals surface area contributed by atoms with Gasteiger partial charge in [-0.05, 0) is 29.2 Å². The van der Waals surface area contributed by atoms with Gasteiger partial charge in [0.1, 0.15) is 13.2 Å². The third-order valence-electron chi connectivity index (χ3n) is 3.79. The van der Waals surface area contributed by atoms with Crippen LogP contribution in [-0.2, 0) is 14.6 Å². The van der Waals surface area contributed by atoms with Gasteiger partial charge < -0.3 is 19.8 Å². The molecule has 3 rings (SSSR count). The highest BCUT2D eigenvalue weighted by atomic mass is 32.2. The summed E-state index contributed by atoms with van der Waals surface area (Å²) >= 11 is 0. The number of hydrogen-bond acceptors (Lipinski definition) is 9. The largest absolute Gasteiger partial charge is 0.478 e. The van der Waals surface area contributed by atoms with Crippen LogP contribution in [0, 0.1) is 5.21 Å². The van der Waals surface area contributed by atoms with Crippen LogP contribution in [0.15, 0.2) is 69.1 Å². The first-order chi connectivity index (χ1) is 14.3. The molecule has 0 aliphatic heterocycles. The molecular weight excluding hydrogens is 420 g/mol. The maximum Gasteiger partial charge on any atom is 0.415 e. The van der Waals surface area contributed by atoms with Gasteiger partial charge in [-0.15, -0.1) is 0 Å². The van der Waals surface area contributed by atoms with Crippen LogP contribution in [0.4, 0.5) is 0 Å². The van der Waals surface area contributed by atoms with Gasteiger partial charge in [0, 0.05) is 0 Å². The Morgan fingerprint density at radius 2 is 1.67 bits per heavy atom. The maximum absolute atomic E-state index is 12.6. The zero-order valence-electron chi connectivity index (χ0n) is 15.1. The van der Waals surface area contributed by atoms with E-state index in [1.54, 1.807) is 6.07 Å². The van der Waals surface area contributed by atoms with Crippen molar-refractivity contribution in [1.29, 1.82) is 0 Å². The summed E-state index contributed by atoms with van der Waals surface area (Å²) in [4.78, 5) is 22.8. The molecule has 1 heterocycles. The van der Waals surface area contributed by atoms with Crippen LogP contribution >= 0.6 is 0 Å². The van der Waals surface area contributed by atoms with Gasteiger partial charge in [-0.3, -0.25) is 4.63 Å². The van der Waals surface area contributed by atoms with Gasteiger partial charge in [-0.25, -0.2) is 18.0 Å². The molecule has 0 saturated carbocycles. The molecule has 0 bridgehead atoms. The Morgan fingerprint density at radius 3 is 2.33 bits per heavy atom. The molecule has 0 amide bonds. The quantitative estimate of drug-likeness (QED) is 0.308. The number of nitrogens with zero attached hydrogens (tertiary/aromatic N) is 2. The lowest BCUT2D eigenvalue weighted by atomic mass is 10.1. The molecule has 0 saturated heterocycles. The number of esters is 1. The summed E-state index contributed by atoms with van der Waals surface area (Å²) in [5.74, 6) is -2.80. The Hall–Kier alpha value is -3.93. The number of carboxylic acid groups (broad SMARTS) is 1. The van der Waals surface area contributed by atoms with Gasteiger partial charge in [0.25, 0.3) is 9.84 Å². The summed E-state index contributed by atoms with van der Waals surface area (Å²) in [6, 6.07) is 12.6. The first kappa shape index (κ1) is 20.8. The molecular formula is C18H14N2O9S. The predicted molar refractivity (Wildman–Crippen MR) is 96.5 cm³/mol. The summed E-state index contributed by atoms with van der Waals surface area (Å²) < 4.78 is 39.6. The van der Waals surface area contributed by atoms with E-state index < -0.39 is 32.7 Å². The smallest absolute Gasteiger partial charge is 0.415 e. The highest BCUT2D eigenvalue weighted by Gasteiger charge is 2.35. The molecule has 2 aromatic carbocycles. The molecule has 1 N–H and O–H groups in total. The second kappa shape index (κ2) is 8.61. The first-order valence-corrected chi connectivity index (χ1v) is 9.83. The number of sulfone groups is 1. The predicted octanol–water partition coefficient (Wildman–Crippen LogP) is 1.07. The van der Waals surface area contributed by atoms with Crippen molar-refractivity contribution in [2.75, 3.05) is 13.2 Å². The second-order valence-electron chi connectivity index (χ2n) is 5.69. The van der Waals surface area contributed by atoms with Gasteiger partial charge >= 0.3 is 22.8 Å². The number of ether oxygens (including phenoxy) is 2. The number of benzene rings is 2. The average Bonchev–Trinajstić information content (AvgIpc) is 3.12. The molecule has 3 aromatic rings. The Morgan fingerprint density at radius 1 is 1.03 bits per heavy atom. The van der Waals surface area contributed by atoms with E-state index in [9.17, 15) is 23.2 Å². The number of carboxylic acids is 1. The fraction of sp³-hybridized carbons (Fsp3) is 0.111. The third kappa shape index (κ3) is 4.22. The van der Waals surface area contributed by atoms with Crippen LogP contribution in [-0.4, -0.2) is 43.8 Å². The fourth-order valence-electron chi connectivity index (χ4n) is 2.44. The highest BCUT2D eigenvalue weighted by Crippen LogP contribution is 2.24. The minimum atomic E-state index is -4.27. The van der Waals surface area contributed by atoms with Gasteiger partial charge in [-0.2, -0.15) is 0 Å². The Balaban J connectivity index is 1.67. The van der Waals surface area contributed by atoms with Crippen molar-refractivity contribution in [2.45, 2.75) is 9.92 Å². The van der Waals surface area contributed by atoms with Crippen molar-refractivity contribution < 1.29 is 42.1 Å². The number of carbonyl (C=O) groups excluding carboxylic acids is 1. The molecule has 11 nitrogen and oxygen atoms in total. The third-order valence-corrected chi connectivity index (χ3v) is 5.51. The number of aromatic nitrogens is 2. The molecule has 0 radical (unpaired) electrons. The Bertz CT molecular complexity index is 1170. The second-order valence-corrected chi connectivity index (χ2v) is 7.56. The molecule has 1 aromatic heterocycles. The lowest BCUT2D eigenvalue weighted by molar-refractivity contribution is -0.832. The molecule has 0 aliphatic carbocycles.